The summed E-state index contributed by atoms with van der Waals surface area (Å²) < 4.78 is 5.24. The highest BCUT2D eigenvalue weighted by Gasteiger charge is 2.32. The lowest BCUT2D eigenvalue weighted by Gasteiger charge is -2.41. The van der Waals surface area contributed by atoms with E-state index in [0.29, 0.717) is 6.04 Å². The smallest absolute Gasteiger partial charge is 0.0622 e. The third-order valence-corrected chi connectivity index (χ3v) is 2.14. The van der Waals surface area contributed by atoms with Crippen molar-refractivity contribution in [1.82, 2.24) is 5.32 Å². The maximum atomic E-state index is 5.24. The van der Waals surface area contributed by atoms with Gasteiger partial charge in [-0.1, -0.05) is 0 Å². The van der Waals surface area contributed by atoms with E-state index in [1.165, 1.54) is 13.0 Å². The summed E-state index contributed by atoms with van der Waals surface area (Å²) in [7, 11) is 0. The molecule has 0 saturated carbocycles. The predicted octanol–water partition coefficient (Wildman–Crippen LogP) is 0.416. The summed E-state index contributed by atoms with van der Waals surface area (Å²) in [6, 6.07) is 0.712. The Bertz CT molecular complexity index is 87.1. The van der Waals surface area contributed by atoms with Crippen LogP contribution in [0.25, 0.3) is 0 Å². The lowest BCUT2D eigenvalue weighted by atomic mass is 9.88. The van der Waals surface area contributed by atoms with Crippen LogP contribution < -0.4 is 5.32 Å². The molecule has 0 spiro atoms. The fourth-order valence-corrected chi connectivity index (χ4v) is 1.39. The van der Waals surface area contributed by atoms with Crippen LogP contribution in [0.3, 0.4) is 0 Å². The Morgan fingerprint density at radius 1 is 1.44 bits per heavy atom. The summed E-state index contributed by atoms with van der Waals surface area (Å²) in [6.45, 7) is 3.17. The van der Waals surface area contributed by atoms with Crippen LogP contribution >= 0.6 is 12.4 Å². The SMILES string of the molecule is C1CC2CNC2CO1.Cl. The average molecular weight is 150 g/mol. The Hall–Kier alpha value is 0.210. The Morgan fingerprint density at radius 2 is 2.33 bits per heavy atom. The van der Waals surface area contributed by atoms with Crippen LogP contribution in [0, 0.1) is 5.92 Å². The molecule has 2 unspecified atom stereocenters. The van der Waals surface area contributed by atoms with E-state index >= 15 is 0 Å². The fraction of sp³-hybridized carbons (Fsp3) is 1.00. The van der Waals surface area contributed by atoms with Gasteiger partial charge in [0.2, 0.25) is 0 Å². The molecule has 2 rings (SSSR count). The molecule has 3 heteroatoms. The van der Waals surface area contributed by atoms with Crippen molar-refractivity contribution in [2.75, 3.05) is 19.8 Å². The van der Waals surface area contributed by atoms with Gasteiger partial charge in [-0.2, -0.15) is 0 Å². The van der Waals surface area contributed by atoms with Gasteiger partial charge in [0.05, 0.1) is 6.61 Å². The minimum atomic E-state index is 0. The van der Waals surface area contributed by atoms with Crippen molar-refractivity contribution in [3.05, 3.63) is 0 Å². The van der Waals surface area contributed by atoms with Crippen LogP contribution in [-0.2, 0) is 4.74 Å². The van der Waals surface area contributed by atoms with Crippen LogP contribution in [-0.4, -0.2) is 25.8 Å². The molecule has 0 aromatic rings. The molecule has 2 aliphatic heterocycles. The molecule has 2 atom stereocenters. The van der Waals surface area contributed by atoms with E-state index in [-0.39, 0.29) is 12.4 Å². The second kappa shape index (κ2) is 2.86. The molecule has 0 radical (unpaired) electrons. The minimum absolute atomic E-state index is 0. The van der Waals surface area contributed by atoms with E-state index < -0.39 is 0 Å². The lowest BCUT2D eigenvalue weighted by molar-refractivity contribution is -0.000581. The monoisotopic (exact) mass is 149 g/mol. The van der Waals surface area contributed by atoms with E-state index in [0.717, 1.165) is 19.1 Å². The van der Waals surface area contributed by atoms with Crippen LogP contribution in [0.2, 0.25) is 0 Å². The zero-order valence-corrected chi connectivity index (χ0v) is 6.12. The number of rotatable bonds is 0. The van der Waals surface area contributed by atoms with Gasteiger partial charge in [-0.05, 0) is 18.9 Å². The summed E-state index contributed by atoms with van der Waals surface area (Å²) in [5.41, 5.74) is 0. The third kappa shape index (κ3) is 1.20. The van der Waals surface area contributed by atoms with Gasteiger partial charge >= 0.3 is 0 Å². The fourth-order valence-electron chi connectivity index (χ4n) is 1.39. The van der Waals surface area contributed by atoms with Crippen molar-refractivity contribution in [2.24, 2.45) is 5.92 Å². The lowest BCUT2D eigenvalue weighted by Crippen LogP contribution is -2.57. The molecule has 0 aliphatic carbocycles. The van der Waals surface area contributed by atoms with Gasteiger partial charge in [0.1, 0.15) is 0 Å². The summed E-state index contributed by atoms with van der Waals surface area (Å²) in [5.74, 6) is 0.948. The quantitative estimate of drug-likeness (QED) is 0.539. The van der Waals surface area contributed by atoms with Crippen LogP contribution in [0.4, 0.5) is 0 Å². The second-order valence-corrected chi connectivity index (χ2v) is 2.64. The molecule has 2 aliphatic rings. The van der Waals surface area contributed by atoms with E-state index in [9.17, 15) is 0 Å². The third-order valence-electron chi connectivity index (χ3n) is 2.14. The zero-order chi connectivity index (χ0) is 5.40. The highest BCUT2D eigenvalue weighted by atomic mass is 35.5. The summed E-state index contributed by atoms with van der Waals surface area (Å²) in [6.07, 6.45) is 1.28. The van der Waals surface area contributed by atoms with Gasteiger partial charge in [0.25, 0.3) is 0 Å². The highest BCUT2D eigenvalue weighted by Crippen LogP contribution is 2.21. The number of hydrogen-bond donors (Lipinski definition) is 1. The molecule has 2 nitrogen and oxygen atoms in total. The Labute approximate surface area is 61.4 Å². The van der Waals surface area contributed by atoms with Gasteiger partial charge in [0.15, 0.2) is 0 Å². The molecule has 1 N–H and O–H groups in total. The van der Waals surface area contributed by atoms with Crippen LogP contribution in [0.1, 0.15) is 6.42 Å². The summed E-state index contributed by atoms with van der Waals surface area (Å²) in [5, 5.41) is 3.32. The molecule has 0 aromatic carbocycles. The Morgan fingerprint density at radius 3 is 2.67 bits per heavy atom. The predicted molar refractivity (Wildman–Crippen MR) is 38.0 cm³/mol. The molecule has 2 fully saturated rings. The number of hydrogen-bond acceptors (Lipinski definition) is 2. The van der Waals surface area contributed by atoms with Gasteiger partial charge in [-0.3, -0.25) is 0 Å². The van der Waals surface area contributed by atoms with Gasteiger partial charge < -0.3 is 10.1 Å². The van der Waals surface area contributed by atoms with Crippen LogP contribution in [0.5, 0.6) is 0 Å². The van der Waals surface area contributed by atoms with Crippen molar-refractivity contribution >= 4 is 12.4 Å². The van der Waals surface area contributed by atoms with E-state index in [1.807, 2.05) is 0 Å². The van der Waals surface area contributed by atoms with Gasteiger partial charge in [0, 0.05) is 12.6 Å². The van der Waals surface area contributed by atoms with Crippen molar-refractivity contribution in [1.29, 1.82) is 0 Å². The summed E-state index contributed by atoms with van der Waals surface area (Å²) in [4.78, 5) is 0. The summed E-state index contributed by atoms with van der Waals surface area (Å²) >= 11 is 0. The molecule has 54 valence electrons. The molecule has 9 heavy (non-hydrogen) atoms. The maximum absolute atomic E-state index is 5.24. The number of nitrogens with one attached hydrogen (secondary N) is 1. The zero-order valence-electron chi connectivity index (χ0n) is 5.30. The molecule has 0 bridgehead atoms. The largest absolute Gasteiger partial charge is 0.380 e. The Kier molecular flexibility index (Phi) is 2.33. The van der Waals surface area contributed by atoms with Crippen molar-refractivity contribution in [2.45, 2.75) is 12.5 Å². The molecule has 0 aromatic heterocycles. The first-order valence-electron chi connectivity index (χ1n) is 3.28. The van der Waals surface area contributed by atoms with Crippen molar-refractivity contribution in [3.8, 4) is 0 Å². The molecular formula is C6H12ClNO. The first kappa shape index (κ1) is 7.32. The molecule has 0 amide bonds. The standard InChI is InChI=1S/C6H11NO.ClH/c1-2-8-4-6-5(1)3-7-6;/h5-7H,1-4H2;1H. The van der Waals surface area contributed by atoms with Crippen molar-refractivity contribution < 1.29 is 4.74 Å². The molecule has 2 saturated heterocycles. The number of ether oxygens (including phenoxy) is 1. The maximum Gasteiger partial charge on any atom is 0.0622 e. The van der Waals surface area contributed by atoms with E-state index in [4.69, 9.17) is 4.74 Å². The average Bonchev–Trinajstić information content (AvgIpc) is 1.72. The molecular weight excluding hydrogens is 138 g/mol. The first-order valence-corrected chi connectivity index (χ1v) is 3.28. The second-order valence-electron chi connectivity index (χ2n) is 2.64. The number of halogens is 1. The topological polar surface area (TPSA) is 21.3 Å². The van der Waals surface area contributed by atoms with E-state index in [1.54, 1.807) is 0 Å². The van der Waals surface area contributed by atoms with Crippen LogP contribution in [0.15, 0.2) is 0 Å². The highest BCUT2D eigenvalue weighted by molar-refractivity contribution is 5.85. The Balaban J connectivity index is 0.000000405. The van der Waals surface area contributed by atoms with E-state index in [2.05, 4.69) is 5.32 Å². The minimum Gasteiger partial charge on any atom is -0.380 e. The first-order chi connectivity index (χ1) is 3.97. The van der Waals surface area contributed by atoms with Gasteiger partial charge in [-0.25, -0.2) is 0 Å². The number of fused-ring (bicyclic) bond motifs is 1. The van der Waals surface area contributed by atoms with Crippen molar-refractivity contribution in [3.63, 3.8) is 0 Å². The van der Waals surface area contributed by atoms with Gasteiger partial charge in [-0.15, -0.1) is 12.4 Å². The normalized spacial score (nSPS) is 40.0. The molecule has 2 heterocycles.